The van der Waals surface area contributed by atoms with Crippen LogP contribution in [0.15, 0.2) is 45.9 Å². The SMILES string of the molecule is CCC(=O)N1N=C(c2ccc(C)o2)CC1c1cccc(F)c1. The molecule has 0 saturated carbocycles. The molecule has 1 aromatic heterocycles. The Balaban J connectivity index is 1.96. The minimum atomic E-state index is -0.316. The standard InChI is InChI=1S/C17H17FN2O2/c1-3-17(21)20-15(12-5-4-6-13(18)9-12)10-14(19-20)16-8-7-11(2)22-16/h4-9,15H,3,10H2,1-2H3. The molecule has 0 N–H and O–H groups in total. The van der Waals surface area contributed by atoms with E-state index < -0.39 is 0 Å². The van der Waals surface area contributed by atoms with Crippen LogP contribution in [0.2, 0.25) is 0 Å². The van der Waals surface area contributed by atoms with Gasteiger partial charge in [-0.05, 0) is 36.8 Å². The van der Waals surface area contributed by atoms with Crippen molar-refractivity contribution in [3.8, 4) is 0 Å². The van der Waals surface area contributed by atoms with Gasteiger partial charge in [0.2, 0.25) is 5.91 Å². The molecule has 1 aliphatic heterocycles. The van der Waals surface area contributed by atoms with Crippen LogP contribution in [0.5, 0.6) is 0 Å². The van der Waals surface area contributed by atoms with Crippen LogP contribution in [-0.2, 0) is 4.79 Å². The van der Waals surface area contributed by atoms with E-state index in [1.165, 1.54) is 17.1 Å². The van der Waals surface area contributed by atoms with Crippen molar-refractivity contribution in [2.45, 2.75) is 32.7 Å². The van der Waals surface area contributed by atoms with Gasteiger partial charge in [-0.3, -0.25) is 4.79 Å². The molecule has 1 aromatic carbocycles. The fraction of sp³-hybridized carbons (Fsp3) is 0.294. The molecule has 2 heterocycles. The van der Waals surface area contributed by atoms with Gasteiger partial charge in [0, 0.05) is 12.8 Å². The summed E-state index contributed by atoms with van der Waals surface area (Å²) in [5, 5.41) is 5.86. The molecule has 4 nitrogen and oxygen atoms in total. The Morgan fingerprint density at radius 1 is 1.41 bits per heavy atom. The van der Waals surface area contributed by atoms with E-state index in [-0.39, 0.29) is 17.8 Å². The third-order valence-electron chi connectivity index (χ3n) is 3.73. The Morgan fingerprint density at radius 3 is 2.86 bits per heavy atom. The second-order valence-corrected chi connectivity index (χ2v) is 5.32. The maximum atomic E-state index is 13.5. The van der Waals surface area contributed by atoms with E-state index >= 15 is 0 Å². The van der Waals surface area contributed by atoms with Crippen LogP contribution in [0.25, 0.3) is 0 Å². The van der Waals surface area contributed by atoms with Gasteiger partial charge in [-0.15, -0.1) is 0 Å². The second-order valence-electron chi connectivity index (χ2n) is 5.32. The zero-order chi connectivity index (χ0) is 15.7. The van der Waals surface area contributed by atoms with Crippen LogP contribution in [0.4, 0.5) is 4.39 Å². The molecular weight excluding hydrogens is 283 g/mol. The fourth-order valence-electron chi connectivity index (χ4n) is 2.61. The lowest BCUT2D eigenvalue weighted by atomic mass is 10.0. The van der Waals surface area contributed by atoms with Gasteiger partial charge in [0.25, 0.3) is 0 Å². The number of hydrazone groups is 1. The highest BCUT2D eigenvalue weighted by molar-refractivity contribution is 6.01. The number of hydrogen-bond acceptors (Lipinski definition) is 3. The number of rotatable bonds is 3. The first kappa shape index (κ1) is 14.5. The van der Waals surface area contributed by atoms with E-state index in [4.69, 9.17) is 4.42 Å². The maximum absolute atomic E-state index is 13.5. The van der Waals surface area contributed by atoms with Crippen molar-refractivity contribution >= 4 is 11.6 Å². The molecule has 22 heavy (non-hydrogen) atoms. The summed E-state index contributed by atoms with van der Waals surface area (Å²) in [6, 6.07) is 9.72. The molecule has 0 aliphatic carbocycles. The molecule has 2 aromatic rings. The van der Waals surface area contributed by atoms with E-state index in [1.54, 1.807) is 13.0 Å². The summed E-state index contributed by atoms with van der Waals surface area (Å²) in [6.45, 7) is 3.65. The quantitative estimate of drug-likeness (QED) is 0.865. The van der Waals surface area contributed by atoms with Crippen LogP contribution in [-0.4, -0.2) is 16.6 Å². The summed E-state index contributed by atoms with van der Waals surface area (Å²) in [5.41, 5.74) is 1.45. The minimum absolute atomic E-state index is 0.0902. The summed E-state index contributed by atoms with van der Waals surface area (Å²) in [5.74, 6) is 1.04. The molecule has 0 saturated heterocycles. The molecular formula is C17H17FN2O2. The number of nitrogens with zero attached hydrogens (tertiary/aromatic N) is 2. The molecule has 1 amide bonds. The molecule has 3 rings (SSSR count). The number of hydrogen-bond donors (Lipinski definition) is 0. The number of amides is 1. The number of aryl methyl sites for hydroxylation is 1. The number of halogens is 1. The highest BCUT2D eigenvalue weighted by atomic mass is 19.1. The summed E-state index contributed by atoms with van der Waals surface area (Å²) in [6.07, 6.45) is 0.863. The Morgan fingerprint density at radius 2 is 2.23 bits per heavy atom. The maximum Gasteiger partial charge on any atom is 0.242 e. The largest absolute Gasteiger partial charge is 0.460 e. The molecule has 0 fully saturated rings. The van der Waals surface area contributed by atoms with Crippen molar-refractivity contribution in [2.24, 2.45) is 5.10 Å². The summed E-state index contributed by atoms with van der Waals surface area (Å²) in [7, 11) is 0. The number of carbonyl (C=O) groups is 1. The first-order valence-electron chi connectivity index (χ1n) is 7.30. The molecule has 114 valence electrons. The molecule has 1 aliphatic rings. The normalized spacial score (nSPS) is 17.7. The van der Waals surface area contributed by atoms with E-state index in [0.717, 1.165) is 11.3 Å². The van der Waals surface area contributed by atoms with Crippen molar-refractivity contribution < 1.29 is 13.6 Å². The van der Waals surface area contributed by atoms with E-state index in [9.17, 15) is 9.18 Å². The van der Waals surface area contributed by atoms with Crippen LogP contribution in [0.3, 0.4) is 0 Å². The van der Waals surface area contributed by atoms with Crippen LogP contribution in [0, 0.1) is 12.7 Å². The van der Waals surface area contributed by atoms with Gasteiger partial charge >= 0.3 is 0 Å². The van der Waals surface area contributed by atoms with E-state index in [1.807, 2.05) is 25.1 Å². The van der Waals surface area contributed by atoms with Crippen molar-refractivity contribution in [2.75, 3.05) is 0 Å². The van der Waals surface area contributed by atoms with Gasteiger partial charge in [0.05, 0.1) is 6.04 Å². The summed E-state index contributed by atoms with van der Waals surface area (Å²) in [4.78, 5) is 12.2. The average Bonchev–Trinajstić information content (AvgIpc) is 3.12. The van der Waals surface area contributed by atoms with Crippen molar-refractivity contribution in [3.05, 3.63) is 59.3 Å². The fourth-order valence-corrected chi connectivity index (χ4v) is 2.61. The minimum Gasteiger partial charge on any atom is -0.460 e. The van der Waals surface area contributed by atoms with E-state index in [0.29, 0.717) is 24.3 Å². The Bertz CT molecular complexity index is 736. The van der Waals surface area contributed by atoms with Gasteiger partial charge in [-0.2, -0.15) is 5.10 Å². The van der Waals surface area contributed by atoms with Crippen LogP contribution >= 0.6 is 0 Å². The lowest BCUT2D eigenvalue weighted by molar-refractivity contribution is -0.132. The lowest BCUT2D eigenvalue weighted by Crippen LogP contribution is -2.26. The number of furan rings is 1. The molecule has 0 radical (unpaired) electrons. The van der Waals surface area contributed by atoms with Crippen molar-refractivity contribution in [3.63, 3.8) is 0 Å². The lowest BCUT2D eigenvalue weighted by Gasteiger charge is -2.21. The zero-order valence-electron chi connectivity index (χ0n) is 12.5. The molecule has 0 spiro atoms. The monoisotopic (exact) mass is 300 g/mol. The third-order valence-corrected chi connectivity index (χ3v) is 3.73. The first-order valence-corrected chi connectivity index (χ1v) is 7.30. The van der Waals surface area contributed by atoms with Crippen molar-refractivity contribution in [1.29, 1.82) is 0 Å². The highest BCUT2D eigenvalue weighted by Gasteiger charge is 2.33. The molecule has 1 unspecified atom stereocenters. The van der Waals surface area contributed by atoms with Gasteiger partial charge < -0.3 is 4.42 Å². The number of benzene rings is 1. The van der Waals surface area contributed by atoms with Gasteiger partial charge in [0.15, 0.2) is 0 Å². The topological polar surface area (TPSA) is 45.8 Å². The predicted molar refractivity (Wildman–Crippen MR) is 80.9 cm³/mol. The van der Waals surface area contributed by atoms with Crippen molar-refractivity contribution in [1.82, 2.24) is 5.01 Å². The zero-order valence-corrected chi connectivity index (χ0v) is 12.5. The van der Waals surface area contributed by atoms with Gasteiger partial charge in [-0.1, -0.05) is 19.1 Å². The van der Waals surface area contributed by atoms with Gasteiger partial charge in [-0.25, -0.2) is 9.40 Å². The first-order chi connectivity index (χ1) is 10.6. The molecule has 5 heteroatoms. The molecule has 0 bridgehead atoms. The Hall–Kier alpha value is -2.43. The second kappa shape index (κ2) is 5.75. The summed E-state index contributed by atoms with van der Waals surface area (Å²) < 4.78 is 19.1. The average molecular weight is 300 g/mol. The van der Waals surface area contributed by atoms with E-state index in [2.05, 4.69) is 5.10 Å². The highest BCUT2D eigenvalue weighted by Crippen LogP contribution is 2.33. The Labute approximate surface area is 128 Å². The van der Waals surface area contributed by atoms with Crippen LogP contribution in [0.1, 0.15) is 42.9 Å². The Kier molecular flexibility index (Phi) is 3.79. The number of carbonyl (C=O) groups excluding carboxylic acids is 1. The smallest absolute Gasteiger partial charge is 0.242 e. The van der Waals surface area contributed by atoms with Gasteiger partial charge in [0.1, 0.15) is 23.0 Å². The third kappa shape index (κ3) is 2.66. The van der Waals surface area contributed by atoms with Crippen LogP contribution < -0.4 is 0 Å². The summed E-state index contributed by atoms with van der Waals surface area (Å²) >= 11 is 0. The molecule has 1 atom stereocenters. The predicted octanol–water partition coefficient (Wildman–Crippen LogP) is 3.81.